The quantitative estimate of drug-likeness (QED) is 0.925. The van der Waals surface area contributed by atoms with E-state index in [9.17, 15) is 9.90 Å². The van der Waals surface area contributed by atoms with Gasteiger partial charge in [-0.3, -0.25) is 4.79 Å². The molecule has 2 heterocycles. The summed E-state index contributed by atoms with van der Waals surface area (Å²) in [6, 6.07) is 15.2. The Morgan fingerprint density at radius 1 is 1.17 bits per heavy atom. The van der Waals surface area contributed by atoms with Crippen molar-refractivity contribution in [3.05, 3.63) is 65.2 Å². The summed E-state index contributed by atoms with van der Waals surface area (Å²) >= 11 is 0. The number of oxime groups is 1. The van der Waals surface area contributed by atoms with Crippen LogP contribution in [0, 0.1) is 0 Å². The number of amides is 1. The van der Waals surface area contributed by atoms with Crippen molar-refractivity contribution in [2.45, 2.75) is 25.5 Å². The van der Waals surface area contributed by atoms with Gasteiger partial charge in [0.25, 0.3) is 5.91 Å². The molecule has 0 aliphatic carbocycles. The summed E-state index contributed by atoms with van der Waals surface area (Å²) in [5.74, 6) is 0.149. The highest BCUT2D eigenvalue weighted by Gasteiger charge is 2.31. The van der Waals surface area contributed by atoms with Gasteiger partial charge in [-0.15, -0.1) is 0 Å². The molecule has 0 saturated carbocycles. The molecule has 5 heteroatoms. The number of hydrogen-bond acceptors (Lipinski definition) is 4. The normalized spacial score (nSPS) is 19.4. The second-order valence-corrected chi connectivity index (χ2v) is 6.18. The average molecular weight is 322 g/mol. The van der Waals surface area contributed by atoms with Crippen molar-refractivity contribution in [3.63, 3.8) is 0 Å². The molecule has 2 aromatic carbocycles. The molecule has 0 fully saturated rings. The Hall–Kier alpha value is -2.82. The summed E-state index contributed by atoms with van der Waals surface area (Å²) in [6.45, 7) is 1.16. The number of aromatic hydroxyl groups is 1. The third-order valence-electron chi connectivity index (χ3n) is 4.58. The number of benzene rings is 2. The Morgan fingerprint density at radius 2 is 2.00 bits per heavy atom. The van der Waals surface area contributed by atoms with E-state index in [2.05, 4.69) is 5.16 Å². The van der Waals surface area contributed by atoms with Crippen LogP contribution in [-0.4, -0.2) is 28.2 Å². The fraction of sp³-hybridized carbons (Fsp3) is 0.263. The molecule has 1 atom stereocenters. The van der Waals surface area contributed by atoms with Crippen LogP contribution in [0.3, 0.4) is 0 Å². The van der Waals surface area contributed by atoms with E-state index in [0.717, 1.165) is 17.5 Å². The first-order chi connectivity index (χ1) is 11.7. The minimum atomic E-state index is -0.189. The van der Waals surface area contributed by atoms with Crippen LogP contribution in [-0.2, 0) is 22.6 Å². The van der Waals surface area contributed by atoms with Crippen LogP contribution < -0.4 is 0 Å². The summed E-state index contributed by atoms with van der Waals surface area (Å²) < 4.78 is 0. The Bertz CT molecular complexity index is 802. The zero-order chi connectivity index (χ0) is 16.5. The van der Waals surface area contributed by atoms with Crippen LogP contribution >= 0.6 is 0 Å². The first kappa shape index (κ1) is 14.8. The lowest BCUT2D eigenvalue weighted by Crippen LogP contribution is -2.39. The number of rotatable bonds is 2. The highest BCUT2D eigenvalue weighted by Crippen LogP contribution is 2.29. The van der Waals surface area contributed by atoms with Crippen molar-refractivity contribution >= 4 is 11.6 Å². The summed E-state index contributed by atoms with van der Waals surface area (Å²) in [5, 5.41) is 13.7. The third-order valence-corrected chi connectivity index (χ3v) is 4.58. The molecular weight excluding hydrogens is 304 g/mol. The maximum Gasteiger partial charge on any atom is 0.272 e. The predicted molar refractivity (Wildman–Crippen MR) is 89.5 cm³/mol. The van der Waals surface area contributed by atoms with Crippen LogP contribution in [0.15, 0.2) is 53.7 Å². The van der Waals surface area contributed by atoms with Gasteiger partial charge in [0.15, 0.2) is 6.10 Å². The summed E-state index contributed by atoms with van der Waals surface area (Å²) in [6.07, 6.45) is 1.09. The second-order valence-electron chi connectivity index (χ2n) is 6.18. The smallest absolute Gasteiger partial charge is 0.272 e. The molecule has 24 heavy (non-hydrogen) atoms. The van der Waals surface area contributed by atoms with Gasteiger partial charge in [0.2, 0.25) is 0 Å². The lowest BCUT2D eigenvalue weighted by molar-refractivity contribution is -0.125. The zero-order valence-corrected chi connectivity index (χ0v) is 13.2. The minimum Gasteiger partial charge on any atom is -0.508 e. The van der Waals surface area contributed by atoms with Gasteiger partial charge in [-0.2, -0.15) is 0 Å². The van der Waals surface area contributed by atoms with Gasteiger partial charge < -0.3 is 14.8 Å². The van der Waals surface area contributed by atoms with Crippen molar-refractivity contribution in [2.75, 3.05) is 6.54 Å². The molecule has 2 aromatic rings. The molecule has 0 bridgehead atoms. The Kier molecular flexibility index (Phi) is 3.69. The highest BCUT2D eigenvalue weighted by molar-refractivity contribution is 6.39. The van der Waals surface area contributed by atoms with Gasteiger partial charge >= 0.3 is 0 Å². The van der Waals surface area contributed by atoms with E-state index in [1.807, 2.05) is 36.4 Å². The van der Waals surface area contributed by atoms with Gasteiger partial charge in [0.05, 0.1) is 0 Å². The van der Waals surface area contributed by atoms with Gasteiger partial charge in [-0.05, 0) is 35.2 Å². The number of carbonyl (C=O) groups is 1. The van der Waals surface area contributed by atoms with Crippen molar-refractivity contribution in [1.29, 1.82) is 0 Å². The molecule has 122 valence electrons. The fourth-order valence-electron chi connectivity index (χ4n) is 3.25. The molecule has 0 saturated heterocycles. The number of hydrogen-bond donors (Lipinski definition) is 1. The molecule has 2 aliphatic rings. The fourth-order valence-corrected chi connectivity index (χ4v) is 3.25. The summed E-state index contributed by atoms with van der Waals surface area (Å²) in [7, 11) is 0. The predicted octanol–water partition coefficient (Wildman–Crippen LogP) is 2.79. The molecular formula is C19H18N2O3. The molecule has 0 aromatic heterocycles. The first-order valence-corrected chi connectivity index (χ1v) is 8.08. The maximum atomic E-state index is 12.7. The van der Waals surface area contributed by atoms with E-state index in [1.54, 1.807) is 17.0 Å². The Balaban J connectivity index is 1.46. The SMILES string of the molecule is O=C(C1=NO[C@@H](c2ccccc2)C1)N1CCc2ccc(O)cc2C1. The van der Waals surface area contributed by atoms with Crippen LogP contribution in [0.1, 0.15) is 29.2 Å². The topological polar surface area (TPSA) is 62.1 Å². The molecule has 0 radical (unpaired) electrons. The first-order valence-electron chi connectivity index (χ1n) is 8.08. The molecule has 0 unspecified atom stereocenters. The number of nitrogens with zero attached hydrogens (tertiary/aromatic N) is 2. The van der Waals surface area contributed by atoms with E-state index in [4.69, 9.17) is 4.84 Å². The lowest BCUT2D eigenvalue weighted by atomic mass is 9.98. The Morgan fingerprint density at radius 3 is 2.83 bits per heavy atom. The molecule has 4 rings (SSSR count). The molecule has 2 aliphatic heterocycles. The lowest BCUT2D eigenvalue weighted by Gasteiger charge is -2.28. The zero-order valence-electron chi connectivity index (χ0n) is 13.2. The maximum absolute atomic E-state index is 12.7. The van der Waals surface area contributed by atoms with Crippen LogP contribution in [0.5, 0.6) is 5.75 Å². The van der Waals surface area contributed by atoms with Crippen molar-refractivity contribution in [1.82, 2.24) is 4.90 Å². The minimum absolute atomic E-state index is 0.0811. The highest BCUT2D eigenvalue weighted by atomic mass is 16.6. The van der Waals surface area contributed by atoms with Crippen molar-refractivity contribution in [2.24, 2.45) is 5.16 Å². The summed E-state index contributed by atoms with van der Waals surface area (Å²) in [5.41, 5.74) is 3.67. The summed E-state index contributed by atoms with van der Waals surface area (Å²) in [4.78, 5) is 20.0. The van der Waals surface area contributed by atoms with Crippen molar-refractivity contribution < 1.29 is 14.7 Å². The van der Waals surface area contributed by atoms with E-state index in [-0.39, 0.29) is 17.8 Å². The molecule has 1 amide bonds. The third kappa shape index (κ3) is 2.73. The van der Waals surface area contributed by atoms with E-state index in [1.165, 1.54) is 5.56 Å². The van der Waals surface area contributed by atoms with Crippen LogP contribution in [0.2, 0.25) is 0 Å². The van der Waals surface area contributed by atoms with Crippen LogP contribution in [0.25, 0.3) is 0 Å². The van der Waals surface area contributed by atoms with E-state index >= 15 is 0 Å². The van der Waals surface area contributed by atoms with Crippen LogP contribution in [0.4, 0.5) is 0 Å². The van der Waals surface area contributed by atoms with E-state index < -0.39 is 0 Å². The monoisotopic (exact) mass is 322 g/mol. The van der Waals surface area contributed by atoms with Gasteiger partial charge in [-0.1, -0.05) is 41.6 Å². The molecule has 5 nitrogen and oxygen atoms in total. The largest absolute Gasteiger partial charge is 0.508 e. The average Bonchev–Trinajstić information content (AvgIpc) is 3.11. The second kappa shape index (κ2) is 6.00. The standard InChI is InChI=1S/C19H18N2O3/c22-16-7-6-13-8-9-21(12-15(13)10-16)19(23)17-11-18(24-20-17)14-4-2-1-3-5-14/h1-7,10,18,22H,8-9,11-12H2/t18-/m1/s1. The Labute approximate surface area is 140 Å². The number of phenols is 1. The number of phenolic OH excluding ortho intramolecular Hbond substituents is 1. The van der Waals surface area contributed by atoms with Gasteiger partial charge in [0, 0.05) is 19.5 Å². The van der Waals surface area contributed by atoms with Gasteiger partial charge in [-0.25, -0.2) is 0 Å². The van der Waals surface area contributed by atoms with Gasteiger partial charge in [0.1, 0.15) is 11.5 Å². The number of fused-ring (bicyclic) bond motifs is 1. The molecule has 0 spiro atoms. The van der Waals surface area contributed by atoms with Crippen molar-refractivity contribution in [3.8, 4) is 5.75 Å². The van der Waals surface area contributed by atoms with E-state index in [0.29, 0.717) is 25.2 Å². The number of carbonyl (C=O) groups excluding carboxylic acids is 1. The molecule has 1 N–H and O–H groups in total.